The number of para-hydroxylation sites is 1. The molecule has 0 fully saturated rings. The van der Waals surface area contributed by atoms with Crippen LogP contribution in [-0.2, 0) is 20.8 Å². The van der Waals surface area contributed by atoms with Gasteiger partial charge in [-0.3, -0.25) is 19.7 Å². The van der Waals surface area contributed by atoms with Gasteiger partial charge in [-0.1, -0.05) is 32.0 Å². The van der Waals surface area contributed by atoms with Crippen molar-refractivity contribution in [3.63, 3.8) is 0 Å². The molecule has 2 atom stereocenters. The molecule has 0 saturated heterocycles. The minimum atomic E-state index is -1.36. The zero-order valence-electron chi connectivity index (χ0n) is 14.2. The van der Waals surface area contributed by atoms with Gasteiger partial charge in [-0.05, 0) is 5.92 Å². The molecule has 0 bridgehead atoms. The average molecular weight is 351 g/mol. The number of carbonyl (C=O) groups is 3. The van der Waals surface area contributed by atoms with Gasteiger partial charge in [0, 0.05) is 25.0 Å². The molecule has 1 rings (SSSR count). The smallest absolute Gasteiger partial charge is 0.326 e. The van der Waals surface area contributed by atoms with Crippen LogP contribution in [0.1, 0.15) is 26.3 Å². The fourth-order valence-corrected chi connectivity index (χ4v) is 2.30. The summed E-state index contributed by atoms with van der Waals surface area (Å²) >= 11 is 0. The van der Waals surface area contributed by atoms with Crippen LogP contribution in [-0.4, -0.2) is 39.9 Å². The predicted molar refractivity (Wildman–Crippen MR) is 88.8 cm³/mol. The van der Waals surface area contributed by atoms with Gasteiger partial charge in [0.2, 0.25) is 11.8 Å². The molecule has 136 valence electrons. The summed E-state index contributed by atoms with van der Waals surface area (Å²) in [5, 5.41) is 25.2. The highest BCUT2D eigenvalue weighted by atomic mass is 16.6. The molecule has 0 saturated carbocycles. The lowest BCUT2D eigenvalue weighted by Gasteiger charge is -2.23. The summed E-state index contributed by atoms with van der Waals surface area (Å²) in [6.45, 7) is 4.67. The fourth-order valence-electron chi connectivity index (χ4n) is 2.30. The summed E-state index contributed by atoms with van der Waals surface area (Å²) in [4.78, 5) is 45.4. The van der Waals surface area contributed by atoms with E-state index >= 15 is 0 Å². The number of nitrogens with one attached hydrogen (secondary N) is 2. The maximum atomic E-state index is 12.3. The molecule has 0 aromatic heterocycles. The topological polar surface area (TPSA) is 139 Å². The first kappa shape index (κ1) is 20.1. The van der Waals surface area contributed by atoms with E-state index in [0.29, 0.717) is 0 Å². The fraction of sp³-hybridized carbons (Fsp3) is 0.438. The molecule has 0 radical (unpaired) electrons. The normalized spacial score (nSPS) is 13.0. The SMILES string of the molecule is CC(=O)N[C@@H](C(=O)N[C@@H](Cc1ccccc1[N+](=O)[O-])C(=O)O)C(C)C. The van der Waals surface area contributed by atoms with Gasteiger partial charge in [0.1, 0.15) is 12.1 Å². The summed E-state index contributed by atoms with van der Waals surface area (Å²) in [5.41, 5.74) is -0.0221. The zero-order valence-corrected chi connectivity index (χ0v) is 14.2. The molecule has 0 aliphatic carbocycles. The van der Waals surface area contributed by atoms with Crippen molar-refractivity contribution >= 4 is 23.5 Å². The van der Waals surface area contributed by atoms with E-state index in [2.05, 4.69) is 10.6 Å². The standard InChI is InChI=1S/C16H21N3O6/c1-9(2)14(17-10(3)20)15(21)18-12(16(22)23)8-11-6-4-5-7-13(11)19(24)25/h4-7,9,12,14H,8H2,1-3H3,(H,17,20)(H,18,21)(H,22,23)/t12-,14+/m0/s1. The van der Waals surface area contributed by atoms with Gasteiger partial charge in [-0.25, -0.2) is 4.79 Å². The van der Waals surface area contributed by atoms with Crippen molar-refractivity contribution in [1.29, 1.82) is 0 Å². The van der Waals surface area contributed by atoms with Crippen LogP contribution in [0.3, 0.4) is 0 Å². The molecule has 1 aromatic carbocycles. The third-order valence-electron chi connectivity index (χ3n) is 3.53. The van der Waals surface area contributed by atoms with Crippen LogP contribution in [0.2, 0.25) is 0 Å². The van der Waals surface area contributed by atoms with Crippen molar-refractivity contribution in [2.45, 2.75) is 39.3 Å². The van der Waals surface area contributed by atoms with Gasteiger partial charge in [0.15, 0.2) is 0 Å². The van der Waals surface area contributed by atoms with Crippen LogP contribution in [0, 0.1) is 16.0 Å². The quantitative estimate of drug-likeness (QED) is 0.469. The molecule has 0 spiro atoms. The number of hydrogen-bond donors (Lipinski definition) is 3. The molecule has 0 aliphatic heterocycles. The molecular formula is C16H21N3O6. The van der Waals surface area contributed by atoms with E-state index in [1.165, 1.54) is 25.1 Å². The van der Waals surface area contributed by atoms with Crippen LogP contribution in [0.25, 0.3) is 0 Å². The molecular weight excluding hydrogens is 330 g/mol. The highest BCUT2D eigenvalue weighted by molar-refractivity contribution is 5.90. The van der Waals surface area contributed by atoms with Gasteiger partial charge in [-0.2, -0.15) is 0 Å². The Hall–Kier alpha value is -2.97. The van der Waals surface area contributed by atoms with Crippen molar-refractivity contribution in [3.8, 4) is 0 Å². The van der Waals surface area contributed by atoms with E-state index < -0.39 is 34.8 Å². The number of amides is 2. The maximum Gasteiger partial charge on any atom is 0.326 e. The number of nitro benzene ring substituents is 1. The summed E-state index contributed by atoms with van der Waals surface area (Å²) < 4.78 is 0. The molecule has 25 heavy (non-hydrogen) atoms. The van der Waals surface area contributed by atoms with E-state index in [4.69, 9.17) is 0 Å². The first-order valence-corrected chi connectivity index (χ1v) is 7.66. The molecule has 2 amide bonds. The van der Waals surface area contributed by atoms with Gasteiger partial charge in [0.05, 0.1) is 4.92 Å². The Kier molecular flexibility index (Phi) is 7.04. The summed E-state index contributed by atoms with van der Waals surface area (Å²) in [6.07, 6.45) is -0.247. The second kappa shape index (κ2) is 8.76. The van der Waals surface area contributed by atoms with Gasteiger partial charge in [0.25, 0.3) is 5.69 Å². The van der Waals surface area contributed by atoms with E-state index in [1.54, 1.807) is 19.9 Å². The largest absolute Gasteiger partial charge is 0.480 e. The van der Waals surface area contributed by atoms with Gasteiger partial charge < -0.3 is 15.7 Å². The monoisotopic (exact) mass is 351 g/mol. The molecule has 9 nitrogen and oxygen atoms in total. The van der Waals surface area contributed by atoms with E-state index in [-0.39, 0.29) is 23.6 Å². The number of carbonyl (C=O) groups excluding carboxylic acids is 2. The molecule has 1 aromatic rings. The van der Waals surface area contributed by atoms with Crippen LogP contribution >= 0.6 is 0 Å². The van der Waals surface area contributed by atoms with Crippen molar-refractivity contribution in [2.75, 3.05) is 0 Å². The maximum absolute atomic E-state index is 12.3. The van der Waals surface area contributed by atoms with Crippen LogP contribution in [0.15, 0.2) is 24.3 Å². The van der Waals surface area contributed by atoms with Crippen molar-refractivity contribution < 1.29 is 24.4 Å². The third kappa shape index (κ3) is 5.87. The lowest BCUT2D eigenvalue weighted by Crippen LogP contribution is -2.53. The lowest BCUT2D eigenvalue weighted by atomic mass is 10.0. The number of aliphatic carboxylic acids is 1. The van der Waals surface area contributed by atoms with Crippen LogP contribution in [0.4, 0.5) is 5.69 Å². The van der Waals surface area contributed by atoms with E-state index in [0.717, 1.165) is 0 Å². The second-order valence-electron chi connectivity index (χ2n) is 5.91. The lowest BCUT2D eigenvalue weighted by molar-refractivity contribution is -0.385. The second-order valence-corrected chi connectivity index (χ2v) is 5.91. The number of nitro groups is 1. The number of hydrogen-bond acceptors (Lipinski definition) is 5. The Labute approximate surface area is 144 Å². The van der Waals surface area contributed by atoms with Gasteiger partial charge >= 0.3 is 5.97 Å². The Balaban J connectivity index is 2.98. The van der Waals surface area contributed by atoms with Gasteiger partial charge in [-0.15, -0.1) is 0 Å². The number of rotatable bonds is 8. The van der Waals surface area contributed by atoms with E-state index in [9.17, 15) is 29.6 Å². The predicted octanol–water partition coefficient (Wildman–Crippen LogP) is 0.867. The number of benzene rings is 1. The number of nitrogens with zero attached hydrogens (tertiary/aromatic N) is 1. The van der Waals surface area contributed by atoms with Crippen molar-refractivity contribution in [2.24, 2.45) is 5.92 Å². The average Bonchev–Trinajstić information content (AvgIpc) is 2.51. The molecule has 0 aliphatic rings. The first-order valence-electron chi connectivity index (χ1n) is 7.66. The summed E-state index contributed by atoms with van der Waals surface area (Å²) in [5.74, 6) is -2.66. The molecule has 0 unspecified atom stereocenters. The Morgan fingerprint density at radius 3 is 2.28 bits per heavy atom. The van der Waals surface area contributed by atoms with Crippen LogP contribution < -0.4 is 10.6 Å². The Morgan fingerprint density at radius 2 is 1.80 bits per heavy atom. The molecule has 3 N–H and O–H groups in total. The van der Waals surface area contributed by atoms with Crippen molar-refractivity contribution in [1.82, 2.24) is 10.6 Å². The molecule has 0 heterocycles. The summed E-state index contributed by atoms with van der Waals surface area (Å²) in [6, 6.07) is 3.48. The van der Waals surface area contributed by atoms with E-state index in [1.807, 2.05) is 0 Å². The van der Waals surface area contributed by atoms with Crippen LogP contribution in [0.5, 0.6) is 0 Å². The highest BCUT2D eigenvalue weighted by Gasteiger charge is 2.29. The Bertz CT molecular complexity index is 674. The molecule has 9 heteroatoms. The highest BCUT2D eigenvalue weighted by Crippen LogP contribution is 2.19. The Morgan fingerprint density at radius 1 is 1.20 bits per heavy atom. The zero-order chi connectivity index (χ0) is 19.1. The third-order valence-corrected chi connectivity index (χ3v) is 3.53. The first-order chi connectivity index (χ1) is 11.6. The summed E-state index contributed by atoms with van der Waals surface area (Å²) in [7, 11) is 0. The minimum absolute atomic E-state index is 0.195. The minimum Gasteiger partial charge on any atom is -0.480 e. The van der Waals surface area contributed by atoms with Crippen molar-refractivity contribution in [3.05, 3.63) is 39.9 Å². The number of carboxylic acid groups (broad SMARTS) is 1. The number of carboxylic acids is 1.